The number of ether oxygens (including phenoxy) is 1. The minimum atomic E-state index is -0.477. The summed E-state index contributed by atoms with van der Waals surface area (Å²) in [5.41, 5.74) is 0.615. The van der Waals surface area contributed by atoms with Gasteiger partial charge in [-0.3, -0.25) is 4.79 Å². The molecule has 1 aromatic heterocycles. The van der Waals surface area contributed by atoms with Crippen molar-refractivity contribution in [1.29, 1.82) is 0 Å². The number of carbonyl (C=O) groups excluding carboxylic acids is 1. The number of carbonyl (C=O) groups is 1. The van der Waals surface area contributed by atoms with Gasteiger partial charge in [0.2, 0.25) is 5.88 Å². The summed E-state index contributed by atoms with van der Waals surface area (Å²) in [4.78, 5) is 15.8. The predicted octanol–water partition coefficient (Wildman–Crippen LogP) is 1.81. The number of rotatable bonds is 0. The normalized spacial score (nSPS) is 17.5. The van der Waals surface area contributed by atoms with E-state index in [1.807, 2.05) is 13.8 Å². The number of hydrogen-bond acceptors (Lipinski definition) is 3. The molecular weight excluding hydrogens is 190 g/mol. The lowest BCUT2D eigenvalue weighted by Crippen LogP contribution is -2.36. The molecule has 3 heteroatoms. The highest BCUT2D eigenvalue weighted by Gasteiger charge is 2.33. The topological polar surface area (TPSA) is 39.2 Å². The zero-order valence-corrected chi connectivity index (χ0v) is 8.70. The molecule has 0 amide bonds. The van der Waals surface area contributed by atoms with Gasteiger partial charge in [0.15, 0.2) is 5.78 Å². The number of nitrogens with zero attached hydrogens (tertiary/aromatic N) is 1. The van der Waals surface area contributed by atoms with Crippen LogP contribution in [0, 0.1) is 12.3 Å². The molecule has 2 rings (SSSR count). The maximum atomic E-state index is 11.8. The van der Waals surface area contributed by atoms with Crippen molar-refractivity contribution in [2.75, 3.05) is 0 Å². The molecule has 3 nitrogen and oxygen atoms in total. The van der Waals surface area contributed by atoms with E-state index in [0.717, 1.165) is 0 Å². The Hall–Kier alpha value is -1.82. The average molecular weight is 201 g/mol. The summed E-state index contributed by atoms with van der Waals surface area (Å²) in [6.07, 6.45) is 7.13. The SMILES string of the molecule is C#Cc1cnc2c(c1)C(=O)CC(C)(C)O2. The molecule has 0 aliphatic carbocycles. The van der Waals surface area contributed by atoms with Crippen LogP contribution >= 0.6 is 0 Å². The second kappa shape index (κ2) is 3.09. The van der Waals surface area contributed by atoms with Gasteiger partial charge < -0.3 is 4.74 Å². The van der Waals surface area contributed by atoms with Crippen molar-refractivity contribution in [3.63, 3.8) is 0 Å². The third-order valence-electron chi connectivity index (χ3n) is 2.28. The molecule has 0 unspecified atom stereocenters. The molecule has 0 aromatic carbocycles. The lowest BCUT2D eigenvalue weighted by molar-refractivity contribution is 0.0590. The van der Waals surface area contributed by atoms with Gasteiger partial charge in [-0.15, -0.1) is 6.42 Å². The smallest absolute Gasteiger partial charge is 0.224 e. The van der Waals surface area contributed by atoms with Crippen LogP contribution in [0.5, 0.6) is 5.88 Å². The monoisotopic (exact) mass is 201 g/mol. The number of fused-ring (bicyclic) bond motifs is 1. The molecule has 15 heavy (non-hydrogen) atoms. The third-order valence-corrected chi connectivity index (χ3v) is 2.28. The van der Waals surface area contributed by atoms with Crippen LogP contribution in [-0.4, -0.2) is 16.4 Å². The first-order chi connectivity index (χ1) is 7.02. The molecule has 0 radical (unpaired) electrons. The summed E-state index contributed by atoms with van der Waals surface area (Å²) in [5.74, 6) is 2.87. The van der Waals surface area contributed by atoms with Gasteiger partial charge in [-0.05, 0) is 19.9 Å². The Morgan fingerprint density at radius 3 is 3.00 bits per heavy atom. The van der Waals surface area contributed by atoms with Crippen LogP contribution in [0.4, 0.5) is 0 Å². The molecule has 76 valence electrons. The molecule has 1 aliphatic heterocycles. The summed E-state index contributed by atoms with van der Waals surface area (Å²) >= 11 is 0. The number of pyridine rings is 1. The van der Waals surface area contributed by atoms with Crippen molar-refractivity contribution in [3.05, 3.63) is 23.4 Å². The zero-order valence-electron chi connectivity index (χ0n) is 8.70. The highest BCUT2D eigenvalue weighted by Crippen LogP contribution is 2.31. The molecular formula is C12H11NO2. The fraction of sp³-hybridized carbons (Fsp3) is 0.333. The van der Waals surface area contributed by atoms with Gasteiger partial charge in [0.1, 0.15) is 5.60 Å². The van der Waals surface area contributed by atoms with Gasteiger partial charge in [0.05, 0.1) is 12.0 Å². The number of ketones is 1. The van der Waals surface area contributed by atoms with E-state index in [4.69, 9.17) is 11.2 Å². The Morgan fingerprint density at radius 1 is 1.60 bits per heavy atom. The Morgan fingerprint density at radius 2 is 2.33 bits per heavy atom. The zero-order chi connectivity index (χ0) is 11.1. The van der Waals surface area contributed by atoms with Crippen LogP contribution in [0.15, 0.2) is 12.3 Å². The maximum absolute atomic E-state index is 11.8. The van der Waals surface area contributed by atoms with Gasteiger partial charge in [0, 0.05) is 11.8 Å². The molecule has 1 aliphatic rings. The number of aromatic nitrogens is 1. The van der Waals surface area contributed by atoms with Crippen LogP contribution < -0.4 is 4.74 Å². The minimum Gasteiger partial charge on any atom is -0.471 e. The van der Waals surface area contributed by atoms with Crippen LogP contribution in [0.3, 0.4) is 0 Å². The summed E-state index contributed by atoms with van der Waals surface area (Å²) < 4.78 is 5.59. The molecule has 0 saturated carbocycles. The van der Waals surface area contributed by atoms with Gasteiger partial charge in [-0.25, -0.2) is 4.98 Å². The Bertz CT molecular complexity index is 469. The van der Waals surface area contributed by atoms with Crippen LogP contribution in [0.1, 0.15) is 36.2 Å². The molecule has 0 bridgehead atoms. The summed E-state index contributed by atoms with van der Waals surface area (Å²) in [7, 11) is 0. The molecule has 0 N–H and O–H groups in total. The predicted molar refractivity (Wildman–Crippen MR) is 55.8 cm³/mol. The van der Waals surface area contributed by atoms with E-state index in [-0.39, 0.29) is 5.78 Å². The first kappa shape index (κ1) is 9.72. The van der Waals surface area contributed by atoms with E-state index < -0.39 is 5.60 Å². The van der Waals surface area contributed by atoms with Gasteiger partial charge in [0.25, 0.3) is 0 Å². The molecule has 0 saturated heterocycles. The number of Topliss-reactive ketones (excluding diaryl/α,β-unsaturated/α-hetero) is 1. The van der Waals surface area contributed by atoms with Gasteiger partial charge >= 0.3 is 0 Å². The molecule has 0 atom stereocenters. The van der Waals surface area contributed by atoms with Crippen molar-refractivity contribution < 1.29 is 9.53 Å². The lowest BCUT2D eigenvalue weighted by Gasteiger charge is -2.30. The van der Waals surface area contributed by atoms with E-state index >= 15 is 0 Å². The van der Waals surface area contributed by atoms with Crippen molar-refractivity contribution in [2.45, 2.75) is 25.9 Å². The fourth-order valence-electron chi connectivity index (χ4n) is 1.59. The number of hydrogen-bond donors (Lipinski definition) is 0. The summed E-state index contributed by atoms with van der Waals surface area (Å²) in [5, 5.41) is 0. The first-order valence-corrected chi connectivity index (χ1v) is 4.71. The van der Waals surface area contributed by atoms with Gasteiger partial charge in [-0.1, -0.05) is 5.92 Å². The minimum absolute atomic E-state index is 0.0332. The second-order valence-corrected chi connectivity index (χ2v) is 4.18. The number of terminal acetylenes is 1. The standard InChI is InChI=1S/C12H11NO2/c1-4-8-5-9-10(14)6-12(2,3)15-11(9)13-7-8/h1,5,7H,6H2,2-3H3. The summed E-state index contributed by atoms with van der Waals surface area (Å²) in [6, 6.07) is 1.65. The Kier molecular flexibility index (Phi) is 2.01. The summed E-state index contributed by atoms with van der Waals surface area (Å²) in [6.45, 7) is 3.73. The maximum Gasteiger partial charge on any atom is 0.224 e. The van der Waals surface area contributed by atoms with Gasteiger partial charge in [-0.2, -0.15) is 0 Å². The van der Waals surface area contributed by atoms with Crippen molar-refractivity contribution in [2.24, 2.45) is 0 Å². The molecule has 1 aromatic rings. The molecule has 2 heterocycles. The Balaban J connectivity index is 2.52. The van der Waals surface area contributed by atoms with Crippen molar-refractivity contribution in [1.82, 2.24) is 4.98 Å². The largest absolute Gasteiger partial charge is 0.471 e. The highest BCUT2D eigenvalue weighted by molar-refractivity contribution is 6.00. The Labute approximate surface area is 88.5 Å². The van der Waals surface area contributed by atoms with Crippen LogP contribution in [0.2, 0.25) is 0 Å². The second-order valence-electron chi connectivity index (χ2n) is 4.18. The van der Waals surface area contributed by atoms with E-state index in [1.54, 1.807) is 6.07 Å². The third kappa shape index (κ3) is 1.71. The van der Waals surface area contributed by atoms with E-state index in [9.17, 15) is 4.79 Å². The van der Waals surface area contributed by atoms with E-state index in [2.05, 4.69) is 10.9 Å². The van der Waals surface area contributed by atoms with E-state index in [1.165, 1.54) is 6.20 Å². The van der Waals surface area contributed by atoms with E-state index in [0.29, 0.717) is 23.4 Å². The molecule has 0 spiro atoms. The first-order valence-electron chi connectivity index (χ1n) is 4.71. The molecule has 0 fully saturated rings. The van der Waals surface area contributed by atoms with Crippen molar-refractivity contribution in [3.8, 4) is 18.2 Å². The fourth-order valence-corrected chi connectivity index (χ4v) is 1.59. The quantitative estimate of drug-likeness (QED) is 0.601. The average Bonchev–Trinajstić information content (AvgIpc) is 2.15. The van der Waals surface area contributed by atoms with Crippen molar-refractivity contribution >= 4 is 5.78 Å². The van der Waals surface area contributed by atoms with Crippen LogP contribution in [-0.2, 0) is 0 Å². The lowest BCUT2D eigenvalue weighted by atomic mass is 9.94. The van der Waals surface area contributed by atoms with Crippen LogP contribution in [0.25, 0.3) is 0 Å². The highest BCUT2D eigenvalue weighted by atomic mass is 16.5.